The molecule has 0 aliphatic carbocycles. The molecule has 0 fully saturated rings. The topological polar surface area (TPSA) is 73.6 Å². The minimum Gasteiger partial charge on any atom is -0.497 e. The van der Waals surface area contributed by atoms with Crippen LogP contribution in [-0.2, 0) is 4.74 Å². The van der Waals surface area contributed by atoms with Gasteiger partial charge in [-0.05, 0) is 24.1 Å². The Labute approximate surface area is 114 Å². The first-order valence-electron chi connectivity index (χ1n) is 6.23. The maximum Gasteiger partial charge on any atom is 0.253 e. The van der Waals surface area contributed by atoms with Crippen LogP contribution in [0.2, 0.25) is 0 Å². The van der Waals surface area contributed by atoms with Gasteiger partial charge in [0, 0.05) is 12.8 Å². The van der Waals surface area contributed by atoms with E-state index in [1.165, 1.54) is 0 Å². The number of carbonyl (C=O) groups excluding carboxylic acids is 1. The van der Waals surface area contributed by atoms with Crippen molar-refractivity contribution in [3.63, 3.8) is 0 Å². The lowest BCUT2D eigenvalue weighted by molar-refractivity contribution is 0.0867. The zero-order valence-corrected chi connectivity index (χ0v) is 11.9. The van der Waals surface area contributed by atoms with Gasteiger partial charge < -0.3 is 20.5 Å². The molecule has 1 aromatic carbocycles. The van der Waals surface area contributed by atoms with E-state index in [2.05, 4.69) is 5.32 Å². The molecule has 1 aromatic rings. The summed E-state index contributed by atoms with van der Waals surface area (Å²) in [6.07, 6.45) is 0. The van der Waals surface area contributed by atoms with Gasteiger partial charge in [-0.1, -0.05) is 13.8 Å². The fraction of sp³-hybridized carbons (Fsp3) is 0.500. The Balaban J connectivity index is 2.87. The minimum atomic E-state index is -0.216. The summed E-state index contributed by atoms with van der Waals surface area (Å²) in [5.74, 6) is 0.662. The highest BCUT2D eigenvalue weighted by Crippen LogP contribution is 2.19. The fourth-order valence-electron chi connectivity index (χ4n) is 1.69. The summed E-state index contributed by atoms with van der Waals surface area (Å²) in [5, 5.41) is 2.93. The molecule has 1 atom stereocenters. The van der Waals surface area contributed by atoms with E-state index >= 15 is 0 Å². The number of carbonyl (C=O) groups is 1. The Morgan fingerprint density at radius 3 is 2.58 bits per heavy atom. The predicted molar refractivity (Wildman–Crippen MR) is 75.4 cm³/mol. The van der Waals surface area contributed by atoms with E-state index in [1.54, 1.807) is 32.4 Å². The second-order valence-electron chi connectivity index (χ2n) is 4.73. The number of anilines is 1. The molecule has 3 N–H and O–H groups in total. The smallest absolute Gasteiger partial charge is 0.253 e. The Bertz CT molecular complexity index is 433. The van der Waals surface area contributed by atoms with Gasteiger partial charge in [-0.15, -0.1) is 0 Å². The van der Waals surface area contributed by atoms with Crippen LogP contribution in [0.3, 0.4) is 0 Å². The maximum absolute atomic E-state index is 12.2. The molecular weight excluding hydrogens is 244 g/mol. The van der Waals surface area contributed by atoms with Crippen LogP contribution < -0.4 is 15.8 Å². The first-order valence-corrected chi connectivity index (χ1v) is 6.23. The standard InChI is InChI=1S/C14H22N2O3/c1-9(2)13(8-18-3)16-14(17)11-7-10(19-4)5-6-12(11)15/h5-7,9,13H,8,15H2,1-4H3,(H,16,17). The quantitative estimate of drug-likeness (QED) is 0.768. The third-order valence-corrected chi connectivity index (χ3v) is 2.97. The molecule has 0 aromatic heterocycles. The van der Waals surface area contributed by atoms with Crippen LogP contribution in [0.25, 0.3) is 0 Å². The van der Waals surface area contributed by atoms with Crippen molar-refractivity contribution < 1.29 is 14.3 Å². The Hall–Kier alpha value is -1.75. The lowest BCUT2D eigenvalue weighted by atomic mass is 10.0. The Kier molecular flexibility index (Phi) is 5.63. The number of rotatable bonds is 6. The fourth-order valence-corrected chi connectivity index (χ4v) is 1.69. The Morgan fingerprint density at radius 2 is 2.05 bits per heavy atom. The van der Waals surface area contributed by atoms with E-state index in [4.69, 9.17) is 15.2 Å². The number of nitrogens with one attached hydrogen (secondary N) is 1. The monoisotopic (exact) mass is 266 g/mol. The number of hydrogen-bond donors (Lipinski definition) is 2. The average molecular weight is 266 g/mol. The van der Waals surface area contributed by atoms with E-state index in [-0.39, 0.29) is 17.9 Å². The number of benzene rings is 1. The molecular formula is C14H22N2O3. The van der Waals surface area contributed by atoms with E-state index in [0.29, 0.717) is 23.6 Å². The number of methoxy groups -OCH3 is 2. The molecule has 0 heterocycles. The second kappa shape index (κ2) is 6.99. The number of nitrogen functional groups attached to an aromatic ring is 1. The SMILES string of the molecule is COCC(NC(=O)c1cc(OC)ccc1N)C(C)C. The highest BCUT2D eigenvalue weighted by Gasteiger charge is 2.18. The summed E-state index contributed by atoms with van der Waals surface area (Å²) in [6.45, 7) is 4.52. The number of ether oxygens (including phenoxy) is 2. The van der Waals surface area contributed by atoms with E-state index < -0.39 is 0 Å². The number of nitrogens with two attached hydrogens (primary N) is 1. The van der Waals surface area contributed by atoms with Crippen molar-refractivity contribution in [1.82, 2.24) is 5.32 Å². The molecule has 0 radical (unpaired) electrons. The summed E-state index contributed by atoms with van der Waals surface area (Å²) >= 11 is 0. The van der Waals surface area contributed by atoms with Gasteiger partial charge in [0.1, 0.15) is 5.75 Å². The van der Waals surface area contributed by atoms with Crippen molar-refractivity contribution in [1.29, 1.82) is 0 Å². The number of hydrogen-bond acceptors (Lipinski definition) is 4. The molecule has 1 amide bonds. The van der Waals surface area contributed by atoms with E-state index in [0.717, 1.165) is 0 Å². The van der Waals surface area contributed by atoms with Gasteiger partial charge in [-0.2, -0.15) is 0 Å². The summed E-state index contributed by atoms with van der Waals surface area (Å²) in [4.78, 5) is 12.2. The summed E-state index contributed by atoms with van der Waals surface area (Å²) in [7, 11) is 3.16. The van der Waals surface area contributed by atoms with Crippen LogP contribution in [0.4, 0.5) is 5.69 Å². The highest BCUT2D eigenvalue weighted by atomic mass is 16.5. The van der Waals surface area contributed by atoms with Crippen molar-refractivity contribution in [2.75, 3.05) is 26.6 Å². The first-order chi connectivity index (χ1) is 8.99. The molecule has 5 nitrogen and oxygen atoms in total. The lowest BCUT2D eigenvalue weighted by Gasteiger charge is -2.22. The van der Waals surface area contributed by atoms with Gasteiger partial charge >= 0.3 is 0 Å². The lowest BCUT2D eigenvalue weighted by Crippen LogP contribution is -2.41. The van der Waals surface area contributed by atoms with Crippen LogP contribution in [-0.4, -0.2) is 32.8 Å². The van der Waals surface area contributed by atoms with Crippen LogP contribution in [0, 0.1) is 5.92 Å². The van der Waals surface area contributed by atoms with Gasteiger partial charge in [0.25, 0.3) is 5.91 Å². The average Bonchev–Trinajstić information content (AvgIpc) is 2.38. The van der Waals surface area contributed by atoms with Crippen molar-refractivity contribution >= 4 is 11.6 Å². The van der Waals surface area contributed by atoms with Gasteiger partial charge in [0.2, 0.25) is 0 Å². The Morgan fingerprint density at radius 1 is 1.37 bits per heavy atom. The zero-order valence-electron chi connectivity index (χ0n) is 11.9. The van der Waals surface area contributed by atoms with Crippen molar-refractivity contribution in [3.05, 3.63) is 23.8 Å². The van der Waals surface area contributed by atoms with E-state index in [9.17, 15) is 4.79 Å². The molecule has 1 unspecified atom stereocenters. The molecule has 0 saturated carbocycles. The molecule has 1 rings (SSSR count). The summed E-state index contributed by atoms with van der Waals surface area (Å²) < 4.78 is 10.2. The molecule has 0 bridgehead atoms. The van der Waals surface area contributed by atoms with Gasteiger partial charge in [0.05, 0.1) is 25.3 Å². The molecule has 0 aliphatic heterocycles. The molecule has 0 saturated heterocycles. The van der Waals surface area contributed by atoms with Gasteiger partial charge in [-0.25, -0.2) is 0 Å². The van der Waals surface area contributed by atoms with Crippen LogP contribution in [0.5, 0.6) is 5.75 Å². The molecule has 5 heteroatoms. The molecule has 0 spiro atoms. The van der Waals surface area contributed by atoms with Crippen LogP contribution in [0.1, 0.15) is 24.2 Å². The van der Waals surface area contributed by atoms with Gasteiger partial charge in [0.15, 0.2) is 0 Å². The van der Waals surface area contributed by atoms with Crippen LogP contribution in [0.15, 0.2) is 18.2 Å². The van der Waals surface area contributed by atoms with Crippen molar-refractivity contribution in [2.45, 2.75) is 19.9 Å². The van der Waals surface area contributed by atoms with E-state index in [1.807, 2.05) is 13.8 Å². The molecule has 106 valence electrons. The van der Waals surface area contributed by atoms with Crippen LogP contribution >= 0.6 is 0 Å². The van der Waals surface area contributed by atoms with Crippen molar-refractivity contribution in [3.8, 4) is 5.75 Å². The third kappa shape index (κ3) is 4.13. The number of amides is 1. The highest BCUT2D eigenvalue weighted by molar-refractivity contribution is 5.99. The molecule has 19 heavy (non-hydrogen) atoms. The summed E-state index contributed by atoms with van der Waals surface area (Å²) in [5.41, 5.74) is 6.67. The molecule has 0 aliphatic rings. The zero-order chi connectivity index (χ0) is 14.4. The largest absolute Gasteiger partial charge is 0.497 e. The maximum atomic E-state index is 12.2. The van der Waals surface area contributed by atoms with Gasteiger partial charge in [-0.3, -0.25) is 4.79 Å². The van der Waals surface area contributed by atoms with Crippen molar-refractivity contribution in [2.24, 2.45) is 5.92 Å². The summed E-state index contributed by atoms with van der Waals surface area (Å²) in [6, 6.07) is 4.97. The third-order valence-electron chi connectivity index (χ3n) is 2.97. The normalized spacial score (nSPS) is 12.3. The minimum absolute atomic E-state index is 0.0527. The first kappa shape index (κ1) is 15.3. The second-order valence-corrected chi connectivity index (χ2v) is 4.73. The predicted octanol–water partition coefficient (Wildman–Crippen LogP) is 1.68.